The van der Waals surface area contributed by atoms with Crippen molar-refractivity contribution in [2.24, 2.45) is 5.92 Å². The highest BCUT2D eigenvalue weighted by atomic mass is 19.1. The van der Waals surface area contributed by atoms with Crippen molar-refractivity contribution >= 4 is 17.3 Å². The summed E-state index contributed by atoms with van der Waals surface area (Å²) in [5.41, 5.74) is 0.375. The Kier molecular flexibility index (Phi) is 4.91. The maximum absolute atomic E-state index is 13.6. The highest BCUT2D eigenvalue weighted by molar-refractivity contribution is 5.92. The van der Waals surface area contributed by atoms with Gasteiger partial charge in [0.2, 0.25) is 5.91 Å². The van der Waals surface area contributed by atoms with Crippen molar-refractivity contribution in [2.75, 3.05) is 5.32 Å². The van der Waals surface area contributed by atoms with Crippen LogP contribution in [0.15, 0.2) is 18.2 Å². The van der Waals surface area contributed by atoms with Gasteiger partial charge in [-0.1, -0.05) is 6.92 Å². The van der Waals surface area contributed by atoms with E-state index in [0.717, 1.165) is 12.1 Å². The third kappa shape index (κ3) is 3.55. The Morgan fingerprint density at radius 2 is 2.08 bits per heavy atom. The summed E-state index contributed by atoms with van der Waals surface area (Å²) in [6, 6.07) is 2.84. The molecule has 7 nitrogen and oxygen atoms in total. The summed E-state index contributed by atoms with van der Waals surface area (Å²) < 4.78 is 27.8. The number of benzene rings is 1. The summed E-state index contributed by atoms with van der Waals surface area (Å²) in [4.78, 5) is 22.6. The fraction of sp³-hybridized carbons (Fsp3) is 0.333. The van der Waals surface area contributed by atoms with E-state index in [1.54, 1.807) is 13.8 Å². The molecule has 0 saturated heterocycles. The maximum Gasteiger partial charge on any atom is 0.312 e. The van der Waals surface area contributed by atoms with E-state index in [0.29, 0.717) is 11.8 Å². The van der Waals surface area contributed by atoms with Crippen LogP contribution in [0.5, 0.6) is 0 Å². The van der Waals surface area contributed by atoms with Crippen molar-refractivity contribution in [1.82, 2.24) is 9.78 Å². The minimum absolute atomic E-state index is 0.0906. The molecule has 1 aromatic heterocycles. The Morgan fingerprint density at radius 1 is 1.42 bits per heavy atom. The molecule has 0 aliphatic carbocycles. The van der Waals surface area contributed by atoms with Crippen LogP contribution in [-0.4, -0.2) is 20.6 Å². The predicted octanol–water partition coefficient (Wildman–Crippen LogP) is 2.96. The SMILES string of the molecule is Cc1nn(C[C@@H](C)C(=O)Nc2ccc(F)cc2F)c(C)c1[N+](=O)[O-]. The Hall–Kier alpha value is -2.84. The Balaban J connectivity index is 2.12. The van der Waals surface area contributed by atoms with Crippen LogP contribution in [0.3, 0.4) is 0 Å². The van der Waals surface area contributed by atoms with Crippen LogP contribution in [0.25, 0.3) is 0 Å². The molecule has 0 aliphatic heterocycles. The van der Waals surface area contributed by atoms with E-state index in [1.165, 1.54) is 11.6 Å². The van der Waals surface area contributed by atoms with Gasteiger partial charge in [0.1, 0.15) is 23.0 Å². The van der Waals surface area contributed by atoms with E-state index in [9.17, 15) is 23.7 Å². The van der Waals surface area contributed by atoms with Gasteiger partial charge < -0.3 is 5.32 Å². The van der Waals surface area contributed by atoms with E-state index in [1.807, 2.05) is 0 Å². The molecule has 0 saturated carbocycles. The van der Waals surface area contributed by atoms with Gasteiger partial charge in [0, 0.05) is 6.07 Å². The van der Waals surface area contributed by atoms with Gasteiger partial charge in [-0.15, -0.1) is 0 Å². The monoisotopic (exact) mass is 338 g/mol. The zero-order valence-electron chi connectivity index (χ0n) is 13.3. The quantitative estimate of drug-likeness (QED) is 0.670. The largest absolute Gasteiger partial charge is 0.323 e. The number of aryl methyl sites for hydroxylation is 1. The number of rotatable bonds is 5. The van der Waals surface area contributed by atoms with Crippen LogP contribution in [0.2, 0.25) is 0 Å². The maximum atomic E-state index is 13.6. The van der Waals surface area contributed by atoms with E-state index in [4.69, 9.17) is 0 Å². The summed E-state index contributed by atoms with van der Waals surface area (Å²) in [5.74, 6) is -2.76. The summed E-state index contributed by atoms with van der Waals surface area (Å²) in [6.45, 7) is 4.73. The van der Waals surface area contributed by atoms with Crippen LogP contribution in [0.4, 0.5) is 20.2 Å². The molecule has 0 unspecified atom stereocenters. The minimum Gasteiger partial charge on any atom is -0.323 e. The van der Waals surface area contributed by atoms with Gasteiger partial charge >= 0.3 is 5.69 Å². The smallest absolute Gasteiger partial charge is 0.312 e. The van der Waals surface area contributed by atoms with Crippen molar-refractivity contribution in [1.29, 1.82) is 0 Å². The number of hydrogen-bond acceptors (Lipinski definition) is 4. The van der Waals surface area contributed by atoms with E-state index in [-0.39, 0.29) is 23.6 Å². The van der Waals surface area contributed by atoms with Gasteiger partial charge in [-0.3, -0.25) is 19.6 Å². The van der Waals surface area contributed by atoms with E-state index >= 15 is 0 Å². The van der Waals surface area contributed by atoms with Crippen LogP contribution < -0.4 is 5.32 Å². The number of anilines is 1. The minimum atomic E-state index is -0.877. The summed E-state index contributed by atoms with van der Waals surface area (Å²) in [5, 5.41) is 17.4. The van der Waals surface area contributed by atoms with Gasteiger partial charge in [-0.05, 0) is 26.0 Å². The summed E-state index contributed by atoms with van der Waals surface area (Å²) >= 11 is 0. The Labute approximate surface area is 136 Å². The van der Waals surface area contributed by atoms with Crippen molar-refractivity contribution in [2.45, 2.75) is 27.3 Å². The molecule has 1 aromatic carbocycles. The molecule has 1 N–H and O–H groups in total. The number of nitrogens with one attached hydrogen (secondary N) is 1. The number of nitro groups is 1. The first-order valence-corrected chi connectivity index (χ1v) is 7.15. The molecule has 0 radical (unpaired) electrons. The lowest BCUT2D eigenvalue weighted by atomic mass is 10.1. The normalized spacial score (nSPS) is 12.0. The molecular formula is C15H16F2N4O3. The van der Waals surface area contributed by atoms with Crippen molar-refractivity contribution in [3.8, 4) is 0 Å². The first-order valence-electron chi connectivity index (χ1n) is 7.15. The van der Waals surface area contributed by atoms with Crippen molar-refractivity contribution in [3.63, 3.8) is 0 Å². The number of carbonyl (C=O) groups excluding carboxylic acids is 1. The third-order valence-corrected chi connectivity index (χ3v) is 3.61. The molecular weight excluding hydrogens is 322 g/mol. The zero-order chi connectivity index (χ0) is 18.0. The van der Waals surface area contributed by atoms with Crippen molar-refractivity contribution < 1.29 is 18.5 Å². The third-order valence-electron chi connectivity index (χ3n) is 3.61. The molecule has 9 heteroatoms. The number of amides is 1. The lowest BCUT2D eigenvalue weighted by Gasteiger charge is -2.13. The second-order valence-electron chi connectivity index (χ2n) is 5.47. The highest BCUT2D eigenvalue weighted by Gasteiger charge is 2.24. The molecule has 0 spiro atoms. The molecule has 1 heterocycles. The second kappa shape index (κ2) is 6.73. The number of carbonyl (C=O) groups is 1. The van der Waals surface area contributed by atoms with Crippen LogP contribution in [0.1, 0.15) is 18.3 Å². The molecule has 128 valence electrons. The number of aromatic nitrogens is 2. The zero-order valence-corrected chi connectivity index (χ0v) is 13.3. The number of hydrogen-bond donors (Lipinski definition) is 1. The van der Waals surface area contributed by atoms with Gasteiger partial charge in [-0.25, -0.2) is 8.78 Å². The molecule has 1 amide bonds. The Bertz CT molecular complexity index is 804. The number of halogens is 2. The van der Waals surface area contributed by atoms with E-state index in [2.05, 4.69) is 10.4 Å². The van der Waals surface area contributed by atoms with Gasteiger partial charge in [0.05, 0.1) is 23.1 Å². The van der Waals surface area contributed by atoms with E-state index < -0.39 is 28.4 Å². The lowest BCUT2D eigenvalue weighted by Crippen LogP contribution is -2.25. The average molecular weight is 338 g/mol. The predicted molar refractivity (Wildman–Crippen MR) is 82.5 cm³/mol. The molecule has 0 bridgehead atoms. The second-order valence-corrected chi connectivity index (χ2v) is 5.47. The first-order chi connectivity index (χ1) is 11.2. The molecule has 0 fully saturated rings. The highest BCUT2D eigenvalue weighted by Crippen LogP contribution is 2.23. The summed E-state index contributed by atoms with van der Waals surface area (Å²) in [7, 11) is 0. The molecule has 2 aromatic rings. The van der Waals surface area contributed by atoms with Crippen LogP contribution in [0, 0.1) is 41.5 Å². The van der Waals surface area contributed by atoms with Crippen molar-refractivity contribution in [3.05, 3.63) is 51.3 Å². The van der Waals surface area contributed by atoms with Gasteiger partial charge in [0.25, 0.3) is 0 Å². The standard InChI is InChI=1S/C15H16F2N4O3/c1-8(7-20-10(3)14(21(23)24)9(2)19-20)15(22)18-13-5-4-11(16)6-12(13)17/h4-6,8H,7H2,1-3H3,(H,18,22)/t8-/m1/s1. The fourth-order valence-electron chi connectivity index (χ4n) is 2.32. The lowest BCUT2D eigenvalue weighted by molar-refractivity contribution is -0.386. The number of nitrogens with zero attached hydrogens (tertiary/aromatic N) is 3. The average Bonchev–Trinajstić information content (AvgIpc) is 2.76. The van der Waals surface area contributed by atoms with Crippen LogP contribution in [-0.2, 0) is 11.3 Å². The molecule has 1 atom stereocenters. The fourth-order valence-corrected chi connectivity index (χ4v) is 2.32. The molecule has 0 aliphatic rings. The molecule has 2 rings (SSSR count). The Morgan fingerprint density at radius 3 is 2.62 bits per heavy atom. The van der Waals surface area contributed by atoms with Crippen LogP contribution >= 0.6 is 0 Å². The molecule has 24 heavy (non-hydrogen) atoms. The summed E-state index contributed by atoms with van der Waals surface area (Å²) in [6.07, 6.45) is 0. The topological polar surface area (TPSA) is 90.1 Å². The van der Waals surface area contributed by atoms with Gasteiger partial charge in [0.15, 0.2) is 0 Å². The first kappa shape index (κ1) is 17.5. The van der Waals surface area contributed by atoms with Gasteiger partial charge in [-0.2, -0.15) is 5.10 Å².